The van der Waals surface area contributed by atoms with Gasteiger partial charge in [0.1, 0.15) is 0 Å². The third kappa shape index (κ3) is 7.19. The highest BCUT2D eigenvalue weighted by atomic mass is 32.2. The molecular formula is C30H26N2O7S. The van der Waals surface area contributed by atoms with E-state index in [0.29, 0.717) is 22.0 Å². The third-order valence-corrected chi connectivity index (χ3v) is 7.10. The molecule has 0 saturated heterocycles. The normalized spacial score (nSPS) is 11.3. The number of rotatable bonds is 9. The first kappa shape index (κ1) is 28.2. The molecule has 0 fully saturated rings. The first-order valence-electron chi connectivity index (χ1n) is 12.2. The van der Waals surface area contributed by atoms with E-state index in [-0.39, 0.29) is 22.9 Å². The zero-order chi connectivity index (χ0) is 28.7. The van der Waals surface area contributed by atoms with Crippen molar-refractivity contribution < 1.29 is 32.3 Å². The fourth-order valence-corrected chi connectivity index (χ4v) is 5.16. The second kappa shape index (κ2) is 12.4. The van der Waals surface area contributed by atoms with Gasteiger partial charge in [-0.15, -0.1) is 0 Å². The first-order valence-corrected chi connectivity index (χ1v) is 13.7. The Kier molecular flexibility index (Phi) is 8.73. The summed E-state index contributed by atoms with van der Waals surface area (Å²) in [6.45, 7) is 2.58. The second-order valence-corrected chi connectivity index (χ2v) is 10.4. The summed E-state index contributed by atoms with van der Waals surface area (Å²) in [6.07, 6.45) is 2.77. The van der Waals surface area contributed by atoms with Crippen LogP contribution < -0.4 is 19.5 Å². The SMILES string of the molecule is CC(=O)Oc1ccc(/C=C/C(=O)Nc2cccc3c(S(=O)(=O)NCc4ccccc4)cccc23)cc1OC(C)=O. The van der Waals surface area contributed by atoms with Gasteiger partial charge in [-0.2, -0.15) is 0 Å². The van der Waals surface area contributed by atoms with Gasteiger partial charge < -0.3 is 14.8 Å². The number of benzene rings is 4. The van der Waals surface area contributed by atoms with Crippen molar-refractivity contribution in [2.45, 2.75) is 25.3 Å². The summed E-state index contributed by atoms with van der Waals surface area (Å²) in [5, 5.41) is 3.79. The number of carbonyl (C=O) groups excluding carboxylic acids is 3. The van der Waals surface area contributed by atoms with Crippen molar-refractivity contribution >= 4 is 50.4 Å². The number of hydrogen-bond donors (Lipinski definition) is 2. The van der Waals surface area contributed by atoms with Crippen molar-refractivity contribution in [2.75, 3.05) is 5.32 Å². The van der Waals surface area contributed by atoms with Gasteiger partial charge in [0.15, 0.2) is 11.5 Å². The molecule has 0 bridgehead atoms. The standard InChI is InChI=1S/C30H26N2O7S/c1-20(33)38-27-16-14-22(18-28(27)39-21(2)34)15-17-30(35)32-26-12-6-11-25-24(26)10-7-13-29(25)40(36,37)31-19-23-8-4-3-5-9-23/h3-18,31H,19H2,1-2H3,(H,32,35)/b17-15+. The average Bonchev–Trinajstić information content (AvgIpc) is 2.92. The fourth-order valence-electron chi connectivity index (χ4n) is 3.92. The number of fused-ring (bicyclic) bond motifs is 1. The molecule has 0 heterocycles. The summed E-state index contributed by atoms with van der Waals surface area (Å²) >= 11 is 0. The minimum absolute atomic E-state index is 0.0360. The highest BCUT2D eigenvalue weighted by Crippen LogP contribution is 2.30. The summed E-state index contributed by atoms with van der Waals surface area (Å²) in [7, 11) is -3.84. The lowest BCUT2D eigenvalue weighted by Crippen LogP contribution is -2.23. The van der Waals surface area contributed by atoms with Crippen LogP contribution >= 0.6 is 0 Å². The van der Waals surface area contributed by atoms with Crippen LogP contribution in [0.4, 0.5) is 5.69 Å². The molecule has 0 aliphatic carbocycles. The van der Waals surface area contributed by atoms with Gasteiger partial charge in [-0.05, 0) is 41.5 Å². The Morgan fingerprint density at radius 1 is 0.775 bits per heavy atom. The maximum Gasteiger partial charge on any atom is 0.308 e. The van der Waals surface area contributed by atoms with Crippen LogP contribution in [0.2, 0.25) is 0 Å². The number of anilines is 1. The van der Waals surface area contributed by atoms with E-state index in [4.69, 9.17) is 9.47 Å². The number of nitrogens with one attached hydrogen (secondary N) is 2. The Morgan fingerprint density at radius 3 is 2.17 bits per heavy atom. The highest BCUT2D eigenvalue weighted by molar-refractivity contribution is 7.89. The number of amides is 1. The van der Waals surface area contributed by atoms with Crippen molar-refractivity contribution in [1.29, 1.82) is 0 Å². The molecule has 9 nitrogen and oxygen atoms in total. The fraction of sp³-hybridized carbons (Fsp3) is 0.100. The third-order valence-electron chi connectivity index (χ3n) is 5.64. The minimum Gasteiger partial charge on any atom is -0.423 e. The van der Waals surface area contributed by atoms with Gasteiger partial charge >= 0.3 is 11.9 Å². The first-order chi connectivity index (χ1) is 19.1. The predicted octanol–water partition coefficient (Wildman–Crippen LogP) is 4.82. The molecule has 4 aromatic carbocycles. The van der Waals surface area contributed by atoms with Crippen LogP contribution in [0.15, 0.2) is 95.9 Å². The molecule has 1 amide bonds. The van der Waals surface area contributed by atoms with E-state index in [9.17, 15) is 22.8 Å². The zero-order valence-corrected chi connectivity index (χ0v) is 22.5. The summed E-state index contributed by atoms with van der Waals surface area (Å²) in [6, 6.07) is 23.6. The summed E-state index contributed by atoms with van der Waals surface area (Å²) < 4.78 is 39.0. The molecule has 0 unspecified atom stereocenters. The lowest BCUT2D eigenvalue weighted by atomic mass is 10.1. The van der Waals surface area contributed by atoms with Crippen LogP contribution in [0, 0.1) is 0 Å². The molecule has 4 aromatic rings. The number of sulfonamides is 1. The Morgan fingerprint density at radius 2 is 1.45 bits per heavy atom. The van der Waals surface area contributed by atoms with Gasteiger partial charge in [-0.3, -0.25) is 14.4 Å². The lowest BCUT2D eigenvalue weighted by molar-refractivity contribution is -0.134. The van der Waals surface area contributed by atoms with E-state index in [1.807, 2.05) is 30.3 Å². The second-order valence-electron chi connectivity index (χ2n) is 8.68. The van der Waals surface area contributed by atoms with E-state index < -0.39 is 27.9 Å². The maximum atomic E-state index is 13.1. The van der Waals surface area contributed by atoms with Crippen molar-refractivity contribution in [1.82, 2.24) is 4.72 Å². The Labute approximate surface area is 231 Å². The van der Waals surface area contributed by atoms with E-state index in [1.54, 1.807) is 36.4 Å². The largest absolute Gasteiger partial charge is 0.423 e. The molecule has 0 spiro atoms. The van der Waals surface area contributed by atoms with Gasteiger partial charge in [-0.1, -0.05) is 60.7 Å². The smallest absolute Gasteiger partial charge is 0.308 e. The molecule has 4 rings (SSSR count). The molecule has 2 N–H and O–H groups in total. The summed E-state index contributed by atoms with van der Waals surface area (Å²) in [5.41, 5.74) is 1.77. The monoisotopic (exact) mass is 558 g/mol. The van der Waals surface area contributed by atoms with E-state index in [0.717, 1.165) is 5.56 Å². The number of esters is 2. The summed E-state index contributed by atoms with van der Waals surface area (Å²) in [4.78, 5) is 35.6. The van der Waals surface area contributed by atoms with Crippen LogP contribution in [-0.2, 0) is 31.0 Å². The molecular weight excluding hydrogens is 532 g/mol. The molecule has 40 heavy (non-hydrogen) atoms. The molecule has 0 radical (unpaired) electrons. The van der Waals surface area contributed by atoms with Gasteiger partial charge in [0.25, 0.3) is 0 Å². The molecule has 0 aromatic heterocycles. The Hall–Kier alpha value is -4.80. The molecule has 0 saturated carbocycles. The van der Waals surface area contributed by atoms with Crippen molar-refractivity contribution in [3.63, 3.8) is 0 Å². The molecule has 204 valence electrons. The van der Waals surface area contributed by atoms with Crippen LogP contribution in [0.5, 0.6) is 11.5 Å². The van der Waals surface area contributed by atoms with Crippen molar-refractivity contribution in [3.05, 3.63) is 102 Å². The molecule has 0 atom stereocenters. The molecule has 0 aliphatic heterocycles. The number of carbonyl (C=O) groups is 3. The quantitative estimate of drug-likeness (QED) is 0.171. The predicted molar refractivity (Wildman–Crippen MR) is 151 cm³/mol. The summed E-state index contributed by atoms with van der Waals surface area (Å²) in [5.74, 6) is -1.53. The molecule has 0 aliphatic rings. The van der Waals surface area contributed by atoms with E-state index >= 15 is 0 Å². The molecule has 10 heteroatoms. The van der Waals surface area contributed by atoms with Crippen LogP contribution in [-0.4, -0.2) is 26.3 Å². The number of hydrogen-bond acceptors (Lipinski definition) is 7. The van der Waals surface area contributed by atoms with Gasteiger partial charge in [0.2, 0.25) is 15.9 Å². The van der Waals surface area contributed by atoms with Gasteiger partial charge in [0, 0.05) is 42.9 Å². The van der Waals surface area contributed by atoms with Crippen molar-refractivity contribution in [2.24, 2.45) is 0 Å². The average molecular weight is 559 g/mol. The number of ether oxygens (including phenoxy) is 2. The minimum atomic E-state index is -3.84. The van der Waals surface area contributed by atoms with Crippen LogP contribution in [0.1, 0.15) is 25.0 Å². The topological polar surface area (TPSA) is 128 Å². The van der Waals surface area contributed by atoms with Gasteiger partial charge in [0.05, 0.1) is 4.90 Å². The Bertz CT molecular complexity index is 1720. The maximum absolute atomic E-state index is 13.1. The highest BCUT2D eigenvalue weighted by Gasteiger charge is 2.18. The van der Waals surface area contributed by atoms with Crippen molar-refractivity contribution in [3.8, 4) is 11.5 Å². The van der Waals surface area contributed by atoms with E-state index in [2.05, 4.69) is 10.0 Å². The van der Waals surface area contributed by atoms with E-state index in [1.165, 1.54) is 44.2 Å². The van der Waals surface area contributed by atoms with Gasteiger partial charge in [-0.25, -0.2) is 13.1 Å². The zero-order valence-electron chi connectivity index (χ0n) is 21.7. The lowest BCUT2D eigenvalue weighted by Gasteiger charge is -2.12. The van der Waals surface area contributed by atoms with Crippen LogP contribution in [0.3, 0.4) is 0 Å². The van der Waals surface area contributed by atoms with Crippen LogP contribution in [0.25, 0.3) is 16.8 Å². The Balaban J connectivity index is 1.54.